The second-order valence-corrected chi connectivity index (χ2v) is 3.48. The highest BCUT2D eigenvalue weighted by Crippen LogP contribution is 2.29. The van der Waals surface area contributed by atoms with Crippen LogP contribution < -0.4 is 10.5 Å². The Hall–Kier alpha value is -1.13. The van der Waals surface area contributed by atoms with Crippen LogP contribution in [0.25, 0.3) is 0 Å². The second-order valence-electron chi connectivity index (χ2n) is 3.48. The maximum atomic E-state index is 13.6. The lowest BCUT2D eigenvalue weighted by molar-refractivity contribution is 0.273. The zero-order chi connectivity index (χ0) is 11.4. The smallest absolute Gasteiger partial charge is 0.131 e. The molecule has 0 amide bonds. The largest absolute Gasteiger partial charge is 0.496 e. The maximum Gasteiger partial charge on any atom is 0.131 e. The van der Waals surface area contributed by atoms with Crippen molar-refractivity contribution in [3.05, 3.63) is 29.1 Å². The highest BCUT2D eigenvalue weighted by molar-refractivity contribution is 5.40. The van der Waals surface area contributed by atoms with E-state index in [1.165, 1.54) is 13.2 Å². The number of ether oxygens (including phenoxy) is 1. The average molecular weight is 213 g/mol. The van der Waals surface area contributed by atoms with Crippen LogP contribution in [0.15, 0.2) is 12.1 Å². The van der Waals surface area contributed by atoms with Gasteiger partial charge in [0.05, 0.1) is 7.11 Å². The van der Waals surface area contributed by atoms with Crippen LogP contribution in [0, 0.1) is 12.7 Å². The minimum atomic E-state index is -0.537. The van der Waals surface area contributed by atoms with Crippen molar-refractivity contribution in [1.29, 1.82) is 0 Å². The monoisotopic (exact) mass is 213 g/mol. The zero-order valence-corrected chi connectivity index (χ0v) is 8.96. The number of benzene rings is 1. The Morgan fingerprint density at radius 3 is 2.73 bits per heavy atom. The van der Waals surface area contributed by atoms with Crippen LogP contribution in [0.5, 0.6) is 5.75 Å². The van der Waals surface area contributed by atoms with Crippen molar-refractivity contribution in [1.82, 2.24) is 0 Å². The van der Waals surface area contributed by atoms with Crippen LogP contribution in [-0.4, -0.2) is 18.8 Å². The van der Waals surface area contributed by atoms with Gasteiger partial charge in [-0.05, 0) is 31.0 Å². The van der Waals surface area contributed by atoms with Gasteiger partial charge in [-0.3, -0.25) is 0 Å². The number of halogens is 1. The minimum absolute atomic E-state index is 0.0718. The fourth-order valence-corrected chi connectivity index (χ4v) is 1.53. The van der Waals surface area contributed by atoms with Crippen LogP contribution >= 0.6 is 0 Å². The summed E-state index contributed by atoms with van der Waals surface area (Å²) in [6.07, 6.45) is 0.316. The first-order valence-corrected chi connectivity index (χ1v) is 4.80. The van der Waals surface area contributed by atoms with Crippen LogP contribution in [0.4, 0.5) is 4.39 Å². The molecule has 0 aliphatic rings. The number of rotatable bonds is 4. The molecule has 0 aromatic heterocycles. The third kappa shape index (κ3) is 2.67. The number of nitrogens with two attached hydrogens (primary N) is 1. The molecule has 15 heavy (non-hydrogen) atoms. The molecule has 1 aromatic carbocycles. The first-order valence-electron chi connectivity index (χ1n) is 4.80. The normalized spacial score (nSPS) is 12.6. The number of hydrogen-bond acceptors (Lipinski definition) is 3. The SMILES string of the molecule is COc1cc(C)cc(F)c1C(N)CCO. The minimum Gasteiger partial charge on any atom is -0.496 e. The Morgan fingerprint density at radius 2 is 2.20 bits per heavy atom. The Balaban J connectivity index is 3.14. The lowest BCUT2D eigenvalue weighted by Gasteiger charge is -2.16. The molecule has 0 saturated heterocycles. The molecule has 3 nitrogen and oxygen atoms in total. The topological polar surface area (TPSA) is 55.5 Å². The van der Waals surface area contributed by atoms with Crippen molar-refractivity contribution in [2.75, 3.05) is 13.7 Å². The van der Waals surface area contributed by atoms with Crippen molar-refractivity contribution in [2.45, 2.75) is 19.4 Å². The molecule has 0 radical (unpaired) electrons. The summed E-state index contributed by atoms with van der Waals surface area (Å²) in [7, 11) is 1.48. The molecule has 3 N–H and O–H groups in total. The summed E-state index contributed by atoms with van der Waals surface area (Å²) in [6.45, 7) is 1.71. The molecule has 4 heteroatoms. The van der Waals surface area contributed by atoms with Crippen molar-refractivity contribution in [3.63, 3.8) is 0 Å². The van der Waals surface area contributed by atoms with Gasteiger partial charge in [-0.1, -0.05) is 0 Å². The van der Waals surface area contributed by atoms with Crippen LogP contribution in [0.1, 0.15) is 23.6 Å². The number of aliphatic hydroxyl groups excluding tert-OH is 1. The van der Waals surface area contributed by atoms with E-state index in [-0.39, 0.29) is 12.4 Å². The predicted octanol–water partition coefficient (Wildman–Crippen LogP) is 1.52. The first kappa shape index (κ1) is 11.9. The van der Waals surface area contributed by atoms with Crippen LogP contribution in [0.2, 0.25) is 0 Å². The van der Waals surface area contributed by atoms with Gasteiger partial charge in [-0.2, -0.15) is 0 Å². The van der Waals surface area contributed by atoms with Gasteiger partial charge in [0, 0.05) is 18.2 Å². The van der Waals surface area contributed by atoms with E-state index in [2.05, 4.69) is 0 Å². The molecule has 1 aromatic rings. The van der Waals surface area contributed by atoms with E-state index in [0.717, 1.165) is 5.56 Å². The van der Waals surface area contributed by atoms with Crippen molar-refractivity contribution >= 4 is 0 Å². The molecule has 1 atom stereocenters. The molecule has 0 bridgehead atoms. The summed E-state index contributed by atoms with van der Waals surface area (Å²) in [6, 6.07) is 2.61. The summed E-state index contributed by atoms with van der Waals surface area (Å²) >= 11 is 0. The molecule has 0 saturated carbocycles. The standard InChI is InChI=1S/C11H16FNO2/c1-7-5-8(12)11(9(13)3-4-14)10(6-7)15-2/h5-6,9,14H,3-4,13H2,1-2H3. The molecule has 0 aliphatic carbocycles. The van der Waals surface area contributed by atoms with Gasteiger partial charge < -0.3 is 15.6 Å². The van der Waals surface area contributed by atoms with Gasteiger partial charge in [0.25, 0.3) is 0 Å². The fraction of sp³-hybridized carbons (Fsp3) is 0.455. The van der Waals surface area contributed by atoms with Gasteiger partial charge in [-0.15, -0.1) is 0 Å². The van der Waals surface area contributed by atoms with E-state index in [0.29, 0.717) is 17.7 Å². The van der Waals surface area contributed by atoms with E-state index < -0.39 is 6.04 Å². The maximum absolute atomic E-state index is 13.6. The summed E-state index contributed by atoms with van der Waals surface area (Å²) in [5, 5.41) is 8.76. The van der Waals surface area contributed by atoms with Crippen molar-refractivity contribution in [3.8, 4) is 5.75 Å². The number of methoxy groups -OCH3 is 1. The highest BCUT2D eigenvalue weighted by Gasteiger charge is 2.17. The third-order valence-electron chi connectivity index (χ3n) is 2.27. The predicted molar refractivity (Wildman–Crippen MR) is 56.3 cm³/mol. The Bertz CT molecular complexity index is 342. The Morgan fingerprint density at radius 1 is 1.53 bits per heavy atom. The Labute approximate surface area is 88.7 Å². The zero-order valence-electron chi connectivity index (χ0n) is 8.96. The highest BCUT2D eigenvalue weighted by atomic mass is 19.1. The summed E-state index contributed by atoms with van der Waals surface area (Å²) in [4.78, 5) is 0. The van der Waals surface area contributed by atoms with E-state index in [1.54, 1.807) is 13.0 Å². The number of aryl methyl sites for hydroxylation is 1. The van der Waals surface area contributed by atoms with E-state index in [1.807, 2.05) is 0 Å². The van der Waals surface area contributed by atoms with Gasteiger partial charge in [0.1, 0.15) is 11.6 Å². The van der Waals surface area contributed by atoms with Gasteiger partial charge in [0.2, 0.25) is 0 Å². The van der Waals surface area contributed by atoms with E-state index in [4.69, 9.17) is 15.6 Å². The lowest BCUT2D eigenvalue weighted by Crippen LogP contribution is -2.15. The summed E-state index contributed by atoms with van der Waals surface area (Å²) in [5.74, 6) is 0.0567. The third-order valence-corrected chi connectivity index (χ3v) is 2.27. The molecular weight excluding hydrogens is 197 g/mol. The first-order chi connectivity index (χ1) is 7.10. The van der Waals surface area contributed by atoms with Crippen molar-refractivity contribution in [2.24, 2.45) is 5.73 Å². The van der Waals surface area contributed by atoms with Gasteiger partial charge in [-0.25, -0.2) is 4.39 Å². The summed E-state index contributed by atoms with van der Waals surface area (Å²) < 4.78 is 18.7. The molecule has 0 spiro atoms. The molecule has 1 rings (SSSR count). The average Bonchev–Trinajstić information content (AvgIpc) is 2.16. The number of aliphatic hydroxyl groups is 1. The second kappa shape index (κ2) is 5.09. The molecular formula is C11H16FNO2. The Kier molecular flexibility index (Phi) is 4.05. The molecule has 0 aliphatic heterocycles. The lowest BCUT2D eigenvalue weighted by atomic mass is 10.0. The fourth-order valence-electron chi connectivity index (χ4n) is 1.53. The van der Waals surface area contributed by atoms with Crippen molar-refractivity contribution < 1.29 is 14.2 Å². The number of hydrogen-bond donors (Lipinski definition) is 2. The molecule has 84 valence electrons. The van der Waals surface area contributed by atoms with Gasteiger partial charge >= 0.3 is 0 Å². The van der Waals surface area contributed by atoms with Crippen LogP contribution in [0.3, 0.4) is 0 Å². The van der Waals surface area contributed by atoms with E-state index >= 15 is 0 Å². The molecule has 1 unspecified atom stereocenters. The van der Waals surface area contributed by atoms with E-state index in [9.17, 15) is 4.39 Å². The molecule has 0 fully saturated rings. The molecule has 0 heterocycles. The van der Waals surface area contributed by atoms with Gasteiger partial charge in [0.15, 0.2) is 0 Å². The summed E-state index contributed by atoms with van der Waals surface area (Å²) in [5.41, 5.74) is 6.87. The quantitative estimate of drug-likeness (QED) is 0.797. The van der Waals surface area contributed by atoms with Crippen LogP contribution in [-0.2, 0) is 0 Å².